The summed E-state index contributed by atoms with van der Waals surface area (Å²) in [5.74, 6) is -1.19. The third kappa shape index (κ3) is 6.37. The molecular formula is C27H31F3N4O5. The number of nitrogens with one attached hydrogen (secondary N) is 2. The van der Waals surface area contributed by atoms with E-state index in [0.717, 1.165) is 18.4 Å². The Morgan fingerprint density at radius 2 is 1.95 bits per heavy atom. The molecule has 0 spiro atoms. The average Bonchev–Trinajstić information content (AvgIpc) is 3.39. The zero-order chi connectivity index (χ0) is 28.3. The van der Waals surface area contributed by atoms with Gasteiger partial charge in [0, 0.05) is 18.2 Å². The van der Waals surface area contributed by atoms with E-state index in [9.17, 15) is 22.8 Å². The predicted octanol–water partition coefficient (Wildman–Crippen LogP) is 5.21. The van der Waals surface area contributed by atoms with Crippen LogP contribution in [0.2, 0.25) is 0 Å². The number of carbonyl (C=O) groups is 2. The Bertz CT molecular complexity index is 1360. The second kappa shape index (κ2) is 11.4. The number of carbonyl (C=O) groups excluding carboxylic acids is 2. The van der Waals surface area contributed by atoms with Crippen LogP contribution in [0, 0.1) is 0 Å². The second-order valence-corrected chi connectivity index (χ2v) is 9.81. The Labute approximate surface area is 223 Å². The van der Waals surface area contributed by atoms with Crippen molar-refractivity contribution in [3.05, 3.63) is 47.8 Å². The van der Waals surface area contributed by atoms with Gasteiger partial charge in [-0.15, -0.1) is 0 Å². The zero-order valence-corrected chi connectivity index (χ0v) is 22.1. The van der Waals surface area contributed by atoms with Crippen molar-refractivity contribution < 1.29 is 37.0 Å². The molecule has 9 nitrogen and oxygen atoms in total. The SMILES string of the molecule is CCCCOC(=O)NC(C)(C)c1ccc2c(-c3cc(OC)c(C(=O)N[C@@H]4C[C@@H]4F)c(OC(F)F)c3)cnn2c1. The van der Waals surface area contributed by atoms with Crippen molar-refractivity contribution in [2.75, 3.05) is 13.7 Å². The average molecular weight is 549 g/mol. The third-order valence-electron chi connectivity index (χ3n) is 6.45. The van der Waals surface area contributed by atoms with Crippen molar-refractivity contribution in [2.24, 2.45) is 0 Å². The summed E-state index contributed by atoms with van der Waals surface area (Å²) in [6.45, 7) is 2.78. The van der Waals surface area contributed by atoms with Gasteiger partial charge in [-0.05, 0) is 49.6 Å². The Kier molecular flexibility index (Phi) is 8.22. The highest BCUT2D eigenvalue weighted by molar-refractivity contribution is 6.01. The molecule has 1 aliphatic rings. The minimum Gasteiger partial charge on any atom is -0.496 e. The zero-order valence-electron chi connectivity index (χ0n) is 22.1. The van der Waals surface area contributed by atoms with Crippen molar-refractivity contribution >= 4 is 17.5 Å². The van der Waals surface area contributed by atoms with Gasteiger partial charge in [-0.3, -0.25) is 4.79 Å². The van der Waals surface area contributed by atoms with Crippen LogP contribution in [0.4, 0.5) is 18.0 Å². The molecule has 39 heavy (non-hydrogen) atoms. The van der Waals surface area contributed by atoms with Crippen LogP contribution < -0.4 is 20.1 Å². The van der Waals surface area contributed by atoms with E-state index >= 15 is 0 Å². The summed E-state index contributed by atoms with van der Waals surface area (Å²) in [4.78, 5) is 25.0. The van der Waals surface area contributed by atoms with E-state index in [-0.39, 0.29) is 17.7 Å². The fraction of sp³-hybridized carbons (Fsp3) is 0.444. The number of alkyl carbamates (subject to hydrolysis) is 1. The van der Waals surface area contributed by atoms with Gasteiger partial charge in [-0.25, -0.2) is 13.7 Å². The van der Waals surface area contributed by atoms with Gasteiger partial charge in [0.05, 0.1) is 37.0 Å². The summed E-state index contributed by atoms with van der Waals surface area (Å²) in [5.41, 5.74) is 1.31. The molecule has 2 atom stereocenters. The molecular weight excluding hydrogens is 517 g/mol. The standard InChI is InChI=1S/C27H31F3N4O5/c1-5-6-9-38-26(36)33-27(2,3)16-7-8-20-17(13-31-34(20)14-16)15-10-21(37-4)23(22(11-15)39-25(29)30)24(35)32-19-12-18(19)28/h7-8,10-11,13-14,18-19,25H,5-6,9,12H2,1-4H3,(H,32,35)(H,33,36)/t18-,19+/m0/s1. The molecule has 0 aliphatic heterocycles. The van der Waals surface area contributed by atoms with E-state index in [1.807, 2.05) is 26.8 Å². The highest BCUT2D eigenvalue weighted by atomic mass is 19.3. The van der Waals surface area contributed by atoms with Crippen molar-refractivity contribution in [1.82, 2.24) is 20.2 Å². The quantitative estimate of drug-likeness (QED) is 0.319. The lowest BCUT2D eigenvalue weighted by Crippen LogP contribution is -2.41. The molecule has 3 aromatic rings. The normalized spacial score (nSPS) is 16.7. The Morgan fingerprint density at radius 1 is 1.23 bits per heavy atom. The summed E-state index contributed by atoms with van der Waals surface area (Å²) < 4.78 is 56.7. The monoisotopic (exact) mass is 548 g/mol. The van der Waals surface area contributed by atoms with Crippen molar-refractivity contribution in [2.45, 2.75) is 64.4 Å². The van der Waals surface area contributed by atoms with Gasteiger partial charge in [0.1, 0.15) is 23.2 Å². The maximum atomic E-state index is 13.3. The Hall–Kier alpha value is -3.96. The van der Waals surface area contributed by atoms with Crippen LogP contribution in [0.1, 0.15) is 56.0 Å². The van der Waals surface area contributed by atoms with Crippen LogP contribution in [-0.4, -0.2) is 54.2 Å². The Balaban J connectivity index is 1.66. The second-order valence-electron chi connectivity index (χ2n) is 9.81. The Morgan fingerprint density at radius 3 is 2.59 bits per heavy atom. The minimum atomic E-state index is -3.21. The topological polar surface area (TPSA) is 103 Å². The minimum absolute atomic E-state index is 0.0143. The number of hydrogen-bond acceptors (Lipinski definition) is 6. The lowest BCUT2D eigenvalue weighted by Gasteiger charge is -2.26. The van der Waals surface area contributed by atoms with Gasteiger partial charge in [-0.2, -0.15) is 13.9 Å². The molecule has 0 unspecified atom stereocenters. The first-order valence-electron chi connectivity index (χ1n) is 12.6. The van der Waals surface area contributed by atoms with Crippen LogP contribution in [0.3, 0.4) is 0 Å². The largest absolute Gasteiger partial charge is 0.496 e. The number of methoxy groups -OCH3 is 1. The molecule has 1 aromatic carbocycles. The van der Waals surface area contributed by atoms with E-state index in [1.165, 1.54) is 25.4 Å². The fourth-order valence-corrected chi connectivity index (χ4v) is 4.12. The molecule has 4 rings (SSSR count). The lowest BCUT2D eigenvalue weighted by molar-refractivity contribution is -0.0502. The summed E-state index contributed by atoms with van der Waals surface area (Å²) in [6.07, 6.45) is 3.42. The van der Waals surface area contributed by atoms with Crippen molar-refractivity contribution in [1.29, 1.82) is 0 Å². The first-order chi connectivity index (χ1) is 18.5. The van der Waals surface area contributed by atoms with E-state index in [0.29, 0.717) is 23.3 Å². The fourth-order valence-electron chi connectivity index (χ4n) is 4.12. The molecule has 1 aliphatic carbocycles. The van der Waals surface area contributed by atoms with Crippen LogP contribution in [0.25, 0.3) is 16.6 Å². The van der Waals surface area contributed by atoms with Crippen molar-refractivity contribution in [3.63, 3.8) is 0 Å². The third-order valence-corrected chi connectivity index (χ3v) is 6.45. The van der Waals surface area contributed by atoms with E-state index in [2.05, 4.69) is 20.5 Å². The first kappa shape index (κ1) is 28.1. The number of unbranched alkanes of at least 4 members (excludes halogenated alkanes) is 1. The maximum absolute atomic E-state index is 13.3. The smallest absolute Gasteiger partial charge is 0.407 e. The molecule has 2 N–H and O–H groups in total. The highest BCUT2D eigenvalue weighted by Crippen LogP contribution is 2.38. The number of nitrogens with zero attached hydrogens (tertiary/aromatic N) is 2. The molecule has 0 bridgehead atoms. The van der Waals surface area contributed by atoms with E-state index in [1.54, 1.807) is 16.8 Å². The number of fused-ring (bicyclic) bond motifs is 1. The van der Waals surface area contributed by atoms with Gasteiger partial charge in [-0.1, -0.05) is 19.4 Å². The van der Waals surface area contributed by atoms with Crippen LogP contribution >= 0.6 is 0 Å². The lowest BCUT2D eigenvalue weighted by atomic mass is 9.95. The first-order valence-corrected chi connectivity index (χ1v) is 12.6. The molecule has 12 heteroatoms. The molecule has 210 valence electrons. The van der Waals surface area contributed by atoms with Gasteiger partial charge in [0.25, 0.3) is 5.91 Å². The number of benzene rings is 1. The van der Waals surface area contributed by atoms with Gasteiger partial charge in [0.2, 0.25) is 0 Å². The van der Waals surface area contributed by atoms with E-state index < -0.39 is 42.1 Å². The molecule has 1 saturated carbocycles. The summed E-state index contributed by atoms with van der Waals surface area (Å²) in [7, 11) is 1.29. The molecule has 2 heterocycles. The maximum Gasteiger partial charge on any atom is 0.407 e. The summed E-state index contributed by atoms with van der Waals surface area (Å²) >= 11 is 0. The summed E-state index contributed by atoms with van der Waals surface area (Å²) in [5, 5.41) is 9.70. The van der Waals surface area contributed by atoms with E-state index in [4.69, 9.17) is 9.47 Å². The number of ether oxygens (including phenoxy) is 3. The van der Waals surface area contributed by atoms with Gasteiger partial charge in [0.15, 0.2) is 0 Å². The van der Waals surface area contributed by atoms with Crippen molar-refractivity contribution in [3.8, 4) is 22.6 Å². The number of pyridine rings is 1. The number of aromatic nitrogens is 2. The predicted molar refractivity (Wildman–Crippen MR) is 137 cm³/mol. The van der Waals surface area contributed by atoms with Crippen LogP contribution in [0.15, 0.2) is 36.7 Å². The number of amides is 2. The summed E-state index contributed by atoms with van der Waals surface area (Å²) in [6, 6.07) is 5.72. The molecule has 1 fully saturated rings. The number of alkyl halides is 3. The number of halogens is 3. The molecule has 2 aromatic heterocycles. The van der Waals surface area contributed by atoms with Crippen LogP contribution in [-0.2, 0) is 10.3 Å². The highest BCUT2D eigenvalue weighted by Gasteiger charge is 2.40. The van der Waals surface area contributed by atoms with Gasteiger partial charge < -0.3 is 24.8 Å². The number of rotatable bonds is 11. The van der Waals surface area contributed by atoms with Gasteiger partial charge >= 0.3 is 12.7 Å². The molecule has 2 amide bonds. The molecule has 0 saturated heterocycles. The molecule has 0 radical (unpaired) electrons. The van der Waals surface area contributed by atoms with Crippen LogP contribution in [0.5, 0.6) is 11.5 Å². The number of hydrogen-bond donors (Lipinski definition) is 2.